The van der Waals surface area contributed by atoms with E-state index in [0.717, 1.165) is 5.56 Å². The number of hydrogen-bond donors (Lipinski definition) is 1. The maximum atomic E-state index is 12.3. The number of benzene rings is 2. The molecule has 1 amide bonds. The maximum Gasteiger partial charge on any atom is 0.220 e. The first-order chi connectivity index (χ1) is 10.2. The highest BCUT2D eigenvalue weighted by molar-refractivity contribution is 5.96. The molecule has 2 aromatic rings. The maximum absolute atomic E-state index is 12.3. The molecule has 1 N–H and O–H groups in total. The number of rotatable bonds is 6. The van der Waals surface area contributed by atoms with Crippen molar-refractivity contribution in [3.8, 4) is 0 Å². The molecule has 0 saturated heterocycles. The number of amides is 1. The Morgan fingerprint density at radius 3 is 2.10 bits per heavy atom. The number of hydrogen-bond acceptors (Lipinski definition) is 2. The fourth-order valence-electron chi connectivity index (χ4n) is 2.16. The lowest BCUT2D eigenvalue weighted by Gasteiger charge is -2.18. The van der Waals surface area contributed by atoms with Gasteiger partial charge in [-0.25, -0.2) is 0 Å². The summed E-state index contributed by atoms with van der Waals surface area (Å²) in [5.41, 5.74) is 1.62. The van der Waals surface area contributed by atoms with Crippen molar-refractivity contribution in [1.29, 1.82) is 0 Å². The summed E-state index contributed by atoms with van der Waals surface area (Å²) in [5, 5.41) is 2.92. The molecule has 0 saturated carbocycles. The van der Waals surface area contributed by atoms with E-state index in [1.807, 2.05) is 48.5 Å². The van der Waals surface area contributed by atoms with Crippen molar-refractivity contribution in [2.24, 2.45) is 0 Å². The summed E-state index contributed by atoms with van der Waals surface area (Å²) in [4.78, 5) is 24.0. The van der Waals surface area contributed by atoms with Gasteiger partial charge >= 0.3 is 0 Å². The van der Waals surface area contributed by atoms with Crippen LogP contribution < -0.4 is 5.32 Å². The highest BCUT2D eigenvalue weighted by atomic mass is 16.1. The van der Waals surface area contributed by atoms with Crippen molar-refractivity contribution in [2.75, 3.05) is 0 Å². The molecular weight excluding hydrogens is 262 g/mol. The largest absolute Gasteiger partial charge is 0.349 e. The van der Waals surface area contributed by atoms with E-state index in [-0.39, 0.29) is 24.2 Å². The van der Waals surface area contributed by atoms with E-state index in [9.17, 15) is 9.59 Å². The van der Waals surface area contributed by atoms with Crippen molar-refractivity contribution in [1.82, 2.24) is 5.32 Å². The number of carbonyl (C=O) groups is 2. The minimum Gasteiger partial charge on any atom is -0.349 e. The topological polar surface area (TPSA) is 46.2 Å². The summed E-state index contributed by atoms with van der Waals surface area (Å²) in [5.74, 6) is -0.0226. The summed E-state index contributed by atoms with van der Waals surface area (Å²) in [7, 11) is 0. The number of nitrogens with one attached hydrogen (secondary N) is 1. The van der Waals surface area contributed by atoms with Gasteiger partial charge in [-0.2, -0.15) is 0 Å². The van der Waals surface area contributed by atoms with Gasteiger partial charge in [-0.1, -0.05) is 67.6 Å². The number of carbonyl (C=O) groups excluding carboxylic acids is 2. The predicted octanol–water partition coefficient (Wildman–Crippen LogP) is 3.53. The molecule has 0 aliphatic carbocycles. The predicted molar refractivity (Wildman–Crippen MR) is 83.0 cm³/mol. The second kappa shape index (κ2) is 7.39. The van der Waals surface area contributed by atoms with Crippen LogP contribution >= 0.6 is 0 Å². The molecule has 2 aromatic carbocycles. The highest BCUT2D eigenvalue weighted by Gasteiger charge is 2.18. The van der Waals surface area contributed by atoms with Crippen LogP contribution in [0.1, 0.15) is 41.7 Å². The molecule has 21 heavy (non-hydrogen) atoms. The van der Waals surface area contributed by atoms with Gasteiger partial charge in [0.15, 0.2) is 5.78 Å². The van der Waals surface area contributed by atoms with Gasteiger partial charge in [-0.15, -0.1) is 0 Å². The summed E-state index contributed by atoms with van der Waals surface area (Å²) in [6.45, 7) is 1.80. The summed E-state index contributed by atoms with van der Waals surface area (Å²) >= 11 is 0. The van der Waals surface area contributed by atoms with Gasteiger partial charge in [0.25, 0.3) is 0 Å². The third kappa shape index (κ3) is 4.28. The van der Waals surface area contributed by atoms with Gasteiger partial charge in [0.05, 0.1) is 6.04 Å². The molecule has 0 aliphatic rings. The van der Waals surface area contributed by atoms with Crippen molar-refractivity contribution in [2.45, 2.75) is 25.8 Å². The van der Waals surface area contributed by atoms with Crippen LogP contribution in [0.2, 0.25) is 0 Å². The Bertz CT molecular complexity index is 593. The molecule has 3 nitrogen and oxygen atoms in total. The zero-order valence-electron chi connectivity index (χ0n) is 12.1. The molecule has 0 fully saturated rings. The van der Waals surface area contributed by atoms with Crippen LogP contribution in [0.5, 0.6) is 0 Å². The molecule has 0 bridgehead atoms. The van der Waals surface area contributed by atoms with Gasteiger partial charge in [0, 0.05) is 18.4 Å². The van der Waals surface area contributed by atoms with Crippen LogP contribution in [0.3, 0.4) is 0 Å². The minimum absolute atomic E-state index is 0.0286. The lowest BCUT2D eigenvalue weighted by atomic mass is 9.98. The third-order valence-electron chi connectivity index (χ3n) is 3.34. The van der Waals surface area contributed by atoms with Gasteiger partial charge in [-0.3, -0.25) is 9.59 Å². The molecule has 0 aliphatic heterocycles. The molecule has 2 rings (SSSR count). The lowest BCUT2D eigenvalue weighted by Crippen LogP contribution is -2.29. The van der Waals surface area contributed by atoms with Crippen LogP contribution in [0.4, 0.5) is 0 Å². The first kappa shape index (κ1) is 15.0. The van der Waals surface area contributed by atoms with Gasteiger partial charge in [0.2, 0.25) is 5.91 Å². The van der Waals surface area contributed by atoms with Crippen LogP contribution in [0.15, 0.2) is 60.7 Å². The Labute approximate surface area is 125 Å². The van der Waals surface area contributed by atoms with Crippen LogP contribution in [-0.4, -0.2) is 11.7 Å². The number of Topliss-reactive ketones (excluding diaryl/α,β-unsaturated/α-hetero) is 1. The van der Waals surface area contributed by atoms with Crippen LogP contribution in [0.25, 0.3) is 0 Å². The standard InChI is InChI=1S/C18H19NO2/c1-2-18(21)19-16(14-9-5-3-6-10-14)13-17(20)15-11-7-4-8-12-15/h3-12,16H,2,13H2,1H3,(H,19,21)/t16-/m0/s1. The molecule has 0 radical (unpaired) electrons. The normalized spacial score (nSPS) is 11.7. The van der Waals surface area contributed by atoms with Gasteiger partial charge in [0.1, 0.15) is 0 Å². The van der Waals surface area contributed by atoms with E-state index >= 15 is 0 Å². The quantitative estimate of drug-likeness (QED) is 0.823. The Kier molecular flexibility index (Phi) is 5.27. The zero-order chi connectivity index (χ0) is 15.1. The van der Waals surface area contributed by atoms with Crippen LogP contribution in [0, 0.1) is 0 Å². The van der Waals surface area contributed by atoms with E-state index in [0.29, 0.717) is 12.0 Å². The van der Waals surface area contributed by atoms with E-state index in [1.54, 1.807) is 19.1 Å². The third-order valence-corrected chi connectivity index (χ3v) is 3.34. The van der Waals surface area contributed by atoms with E-state index in [1.165, 1.54) is 0 Å². The fourth-order valence-corrected chi connectivity index (χ4v) is 2.16. The van der Waals surface area contributed by atoms with Gasteiger partial charge < -0.3 is 5.32 Å². The fraction of sp³-hybridized carbons (Fsp3) is 0.222. The first-order valence-electron chi connectivity index (χ1n) is 7.13. The molecule has 3 heteroatoms. The second-order valence-electron chi connectivity index (χ2n) is 4.88. The zero-order valence-corrected chi connectivity index (χ0v) is 12.1. The molecule has 0 aromatic heterocycles. The average molecular weight is 281 g/mol. The van der Waals surface area contributed by atoms with E-state index in [2.05, 4.69) is 5.32 Å². The SMILES string of the molecule is CCC(=O)N[C@@H](CC(=O)c1ccccc1)c1ccccc1. The van der Waals surface area contributed by atoms with Crippen LogP contribution in [-0.2, 0) is 4.79 Å². The van der Waals surface area contributed by atoms with Crippen molar-refractivity contribution in [3.63, 3.8) is 0 Å². The number of ketones is 1. The Balaban J connectivity index is 2.16. The summed E-state index contributed by atoms with van der Waals surface area (Å²) < 4.78 is 0. The van der Waals surface area contributed by atoms with E-state index in [4.69, 9.17) is 0 Å². The molecule has 0 spiro atoms. The molecule has 1 atom stereocenters. The van der Waals surface area contributed by atoms with Crippen molar-refractivity contribution < 1.29 is 9.59 Å². The smallest absolute Gasteiger partial charge is 0.220 e. The highest BCUT2D eigenvalue weighted by Crippen LogP contribution is 2.19. The average Bonchev–Trinajstić information content (AvgIpc) is 2.55. The van der Waals surface area contributed by atoms with Crippen molar-refractivity contribution in [3.05, 3.63) is 71.8 Å². The Hall–Kier alpha value is -2.42. The minimum atomic E-state index is -0.286. The summed E-state index contributed by atoms with van der Waals surface area (Å²) in [6.07, 6.45) is 0.669. The van der Waals surface area contributed by atoms with Gasteiger partial charge in [-0.05, 0) is 5.56 Å². The molecule has 0 heterocycles. The molecular formula is C18H19NO2. The molecule has 108 valence electrons. The Morgan fingerprint density at radius 1 is 0.952 bits per heavy atom. The Morgan fingerprint density at radius 2 is 1.52 bits per heavy atom. The van der Waals surface area contributed by atoms with Crippen molar-refractivity contribution >= 4 is 11.7 Å². The van der Waals surface area contributed by atoms with E-state index < -0.39 is 0 Å². The molecule has 0 unspecified atom stereocenters. The summed E-state index contributed by atoms with van der Waals surface area (Å²) in [6, 6.07) is 18.5. The first-order valence-corrected chi connectivity index (χ1v) is 7.13. The second-order valence-corrected chi connectivity index (χ2v) is 4.88. The lowest BCUT2D eigenvalue weighted by molar-refractivity contribution is -0.121. The monoisotopic (exact) mass is 281 g/mol.